The van der Waals surface area contributed by atoms with Crippen LogP contribution in [0.25, 0.3) is 0 Å². The average Bonchev–Trinajstić information content (AvgIpc) is 3.02. The summed E-state index contributed by atoms with van der Waals surface area (Å²) in [6.07, 6.45) is 33.4. The van der Waals surface area contributed by atoms with Crippen LogP contribution in [0.3, 0.4) is 0 Å². The van der Waals surface area contributed by atoms with Gasteiger partial charge >= 0.3 is 0 Å². The molecule has 0 aromatic rings. The fraction of sp³-hybridized carbons (Fsp3) is 1.00. The van der Waals surface area contributed by atoms with Gasteiger partial charge < -0.3 is 0 Å². The molecule has 2 heterocycles. The van der Waals surface area contributed by atoms with Crippen LogP contribution in [0.1, 0.15) is 196 Å². The second kappa shape index (κ2) is 27.2. The third kappa shape index (κ3) is 16.6. The summed E-state index contributed by atoms with van der Waals surface area (Å²) in [6.45, 7) is 16.8. The lowest BCUT2D eigenvalue weighted by atomic mass is 10.1. The van der Waals surface area contributed by atoms with Crippen molar-refractivity contribution in [2.45, 2.75) is 226 Å². The van der Waals surface area contributed by atoms with Crippen molar-refractivity contribution in [1.29, 1.82) is 0 Å². The second-order valence-electron chi connectivity index (χ2n) is 13.7. The number of rotatable bonds is 27. The van der Waals surface area contributed by atoms with Crippen molar-refractivity contribution >= 4 is 47.0 Å². The van der Waals surface area contributed by atoms with E-state index in [1.54, 1.807) is 0 Å². The minimum atomic E-state index is 0.727. The van der Waals surface area contributed by atoms with Crippen molar-refractivity contribution in [2.75, 3.05) is 13.1 Å². The van der Waals surface area contributed by atoms with E-state index in [9.17, 15) is 0 Å². The number of hydrogen-bond donors (Lipinski definition) is 0. The molecule has 6 heteroatoms. The van der Waals surface area contributed by atoms with E-state index in [-0.39, 0.29) is 0 Å². The van der Waals surface area contributed by atoms with Gasteiger partial charge in [-0.05, 0) is 38.5 Å². The Morgan fingerprint density at radius 2 is 0.545 bits per heavy atom. The highest BCUT2D eigenvalue weighted by Gasteiger charge is 2.39. The summed E-state index contributed by atoms with van der Waals surface area (Å²) in [4.78, 5) is 6.12. The first-order valence-electron chi connectivity index (χ1n) is 19.7. The third-order valence-corrected chi connectivity index (χ3v) is 16.4. The van der Waals surface area contributed by atoms with Gasteiger partial charge in [-0.25, -0.2) is 0 Å². The molecule has 2 rings (SSSR count). The van der Waals surface area contributed by atoms with Crippen LogP contribution in [-0.4, -0.2) is 53.5 Å². The molecule has 2 nitrogen and oxygen atoms in total. The Kier molecular flexibility index (Phi) is 25.6. The van der Waals surface area contributed by atoms with Crippen LogP contribution in [-0.2, 0) is 0 Å². The molecule has 2 aliphatic heterocycles. The fourth-order valence-electron chi connectivity index (χ4n) is 6.86. The van der Waals surface area contributed by atoms with Crippen LogP contribution >= 0.6 is 47.0 Å². The highest BCUT2D eigenvalue weighted by Crippen LogP contribution is 2.48. The van der Waals surface area contributed by atoms with Crippen molar-refractivity contribution in [1.82, 2.24) is 9.80 Å². The summed E-state index contributed by atoms with van der Waals surface area (Å²) in [6, 6.07) is 0. The van der Waals surface area contributed by atoms with Gasteiger partial charge in [0.2, 0.25) is 0 Å². The minimum absolute atomic E-state index is 0.727. The lowest BCUT2D eigenvalue weighted by Crippen LogP contribution is -2.52. The predicted molar refractivity (Wildman–Crippen MR) is 211 cm³/mol. The summed E-state index contributed by atoms with van der Waals surface area (Å²) >= 11 is 9.51. The van der Waals surface area contributed by atoms with E-state index in [1.807, 2.05) is 0 Å². The number of hydrogen-bond acceptors (Lipinski definition) is 6. The van der Waals surface area contributed by atoms with E-state index in [1.165, 1.54) is 167 Å². The topological polar surface area (TPSA) is 6.48 Å². The summed E-state index contributed by atoms with van der Waals surface area (Å²) in [5, 5.41) is 2.91. The lowest BCUT2D eigenvalue weighted by Gasteiger charge is -2.48. The quantitative estimate of drug-likeness (QED) is 0.0787. The van der Waals surface area contributed by atoms with Gasteiger partial charge in [0.1, 0.15) is 0 Å². The van der Waals surface area contributed by atoms with Crippen LogP contribution in [0.5, 0.6) is 0 Å². The molecule has 262 valence electrons. The van der Waals surface area contributed by atoms with Crippen molar-refractivity contribution in [3.8, 4) is 0 Å². The zero-order chi connectivity index (χ0) is 31.8. The molecule has 0 amide bonds. The van der Waals surface area contributed by atoms with E-state index in [0.717, 1.165) is 30.7 Å². The zero-order valence-electron chi connectivity index (χ0n) is 30.4. The molecule has 2 fully saturated rings. The summed E-state index contributed by atoms with van der Waals surface area (Å²) in [7, 11) is 0. The minimum Gasteiger partial charge on any atom is -0.278 e. The number of thioether (sulfide) groups is 4. The maximum atomic E-state index is 3.06. The van der Waals surface area contributed by atoms with E-state index in [4.69, 9.17) is 0 Å². The molecule has 0 spiro atoms. The highest BCUT2D eigenvalue weighted by atomic mass is 32.2. The Hall–Kier alpha value is 1.32. The fourth-order valence-corrected chi connectivity index (χ4v) is 14.5. The molecule has 0 aromatic heterocycles. The van der Waals surface area contributed by atoms with E-state index < -0.39 is 0 Å². The molecule has 2 unspecified atom stereocenters. The maximum Gasteiger partial charge on any atom is 0.0578 e. The Bertz CT molecular complexity index is 558. The molecule has 0 aliphatic carbocycles. The molecule has 0 aromatic carbocycles. The van der Waals surface area contributed by atoms with E-state index >= 15 is 0 Å². The molecule has 2 aliphatic rings. The van der Waals surface area contributed by atoms with Crippen molar-refractivity contribution in [3.05, 3.63) is 0 Å². The summed E-state index contributed by atoms with van der Waals surface area (Å²) in [5.41, 5.74) is 0. The molecule has 6 atom stereocenters. The Morgan fingerprint density at radius 1 is 0.318 bits per heavy atom. The van der Waals surface area contributed by atoms with Gasteiger partial charge in [0.05, 0.1) is 30.7 Å². The molecule has 44 heavy (non-hydrogen) atoms. The van der Waals surface area contributed by atoms with Crippen LogP contribution in [0.2, 0.25) is 0 Å². The molecule has 0 radical (unpaired) electrons. The predicted octanol–water partition coefficient (Wildman–Crippen LogP) is 14.0. The standard InChI is InChI=1S/C38H76N2S4/c1-7-13-19-25-33-39(34(26-20-14-8-2)42-37(41-33)29-23-17-11-5)31-32-40-35(27-21-15-9-3)43-38(30-24-18-12-6)44-36(40)28-22-16-10-4/h33-38H,7-32H2,1-6H3/t33-,34+,35-,36+,37?,38?. The van der Waals surface area contributed by atoms with Gasteiger partial charge in [-0.15, -0.1) is 47.0 Å². The summed E-state index contributed by atoms with van der Waals surface area (Å²) < 4.78 is 1.62. The van der Waals surface area contributed by atoms with Crippen LogP contribution in [0.4, 0.5) is 0 Å². The number of nitrogens with zero attached hydrogens (tertiary/aromatic N) is 2. The summed E-state index contributed by atoms with van der Waals surface area (Å²) in [5.74, 6) is 0. The third-order valence-electron chi connectivity index (χ3n) is 9.64. The monoisotopic (exact) mass is 688 g/mol. The molecule has 0 bridgehead atoms. The SMILES string of the molecule is CCCCCC1S[C@@H](CCCCC)N(CCN2[C@H](CCCCC)SC(CCCCC)S[C@@H]2CCCCC)[C@@H](CCCCC)S1. The molecular weight excluding hydrogens is 613 g/mol. The van der Waals surface area contributed by atoms with Gasteiger partial charge in [-0.1, -0.05) is 157 Å². The first kappa shape index (κ1) is 41.5. The average molecular weight is 689 g/mol. The van der Waals surface area contributed by atoms with Crippen LogP contribution in [0.15, 0.2) is 0 Å². The Labute approximate surface area is 294 Å². The van der Waals surface area contributed by atoms with Gasteiger partial charge in [-0.3, -0.25) is 9.80 Å². The van der Waals surface area contributed by atoms with Crippen molar-refractivity contribution < 1.29 is 0 Å². The highest BCUT2D eigenvalue weighted by molar-refractivity contribution is 8.18. The van der Waals surface area contributed by atoms with Crippen molar-refractivity contribution in [3.63, 3.8) is 0 Å². The van der Waals surface area contributed by atoms with Gasteiger partial charge in [0.15, 0.2) is 0 Å². The normalized spacial score (nSPS) is 26.9. The maximum absolute atomic E-state index is 3.06. The van der Waals surface area contributed by atoms with Gasteiger partial charge in [0, 0.05) is 13.1 Å². The first-order valence-corrected chi connectivity index (χ1v) is 23.5. The molecular formula is C38H76N2S4. The molecule has 0 N–H and O–H groups in total. The smallest absolute Gasteiger partial charge is 0.0578 e. The van der Waals surface area contributed by atoms with Crippen LogP contribution < -0.4 is 0 Å². The second-order valence-corrected chi connectivity index (χ2v) is 19.8. The molecule has 0 saturated carbocycles. The Morgan fingerprint density at radius 3 is 0.773 bits per heavy atom. The number of unbranched alkanes of at least 4 members (excludes halogenated alkanes) is 12. The molecule has 2 saturated heterocycles. The van der Waals surface area contributed by atoms with Gasteiger partial charge in [0.25, 0.3) is 0 Å². The zero-order valence-corrected chi connectivity index (χ0v) is 33.6. The first-order chi connectivity index (χ1) is 21.6. The lowest BCUT2D eigenvalue weighted by molar-refractivity contribution is 0.149. The van der Waals surface area contributed by atoms with E-state index in [2.05, 4.69) is 98.4 Å². The largest absolute Gasteiger partial charge is 0.278 e. The van der Waals surface area contributed by atoms with Crippen molar-refractivity contribution in [2.24, 2.45) is 0 Å². The van der Waals surface area contributed by atoms with Crippen LogP contribution in [0, 0.1) is 0 Å². The van der Waals surface area contributed by atoms with Gasteiger partial charge in [-0.2, -0.15) is 0 Å². The Balaban J connectivity index is 2.24. The van der Waals surface area contributed by atoms with E-state index in [0.29, 0.717) is 0 Å².